The van der Waals surface area contributed by atoms with Gasteiger partial charge in [0.25, 0.3) is 5.91 Å². The molecule has 0 spiro atoms. The van der Waals surface area contributed by atoms with Crippen LogP contribution in [-0.4, -0.2) is 74.2 Å². The summed E-state index contributed by atoms with van der Waals surface area (Å²) in [6.07, 6.45) is -3.46. The van der Waals surface area contributed by atoms with Crippen molar-refractivity contribution in [2.45, 2.75) is 37.4 Å². The zero-order valence-corrected chi connectivity index (χ0v) is 23.8. The molecule has 5 rings (SSSR count). The molecule has 1 saturated heterocycles. The number of anilines is 3. The number of carbonyl (C=O) groups is 1. The van der Waals surface area contributed by atoms with Crippen LogP contribution in [-0.2, 0) is 22.4 Å². The lowest BCUT2D eigenvalue weighted by Crippen LogP contribution is -2.49. The van der Waals surface area contributed by atoms with Gasteiger partial charge in [0.15, 0.2) is 9.84 Å². The fourth-order valence-corrected chi connectivity index (χ4v) is 7.90. The number of nitrogens with one attached hydrogen (secondary N) is 2. The van der Waals surface area contributed by atoms with E-state index in [1.807, 2.05) is 19.1 Å². The van der Waals surface area contributed by atoms with Crippen molar-refractivity contribution in [1.29, 1.82) is 0 Å². The van der Waals surface area contributed by atoms with Gasteiger partial charge in [0.2, 0.25) is 5.95 Å². The third-order valence-corrected chi connectivity index (χ3v) is 10.1. The lowest BCUT2D eigenvalue weighted by atomic mass is 10.1. The second kappa shape index (κ2) is 10.6. The molecule has 2 aliphatic heterocycles. The fraction of sp³-hybridized carbons (Fsp3) is 0.423. The molecule has 1 aromatic carbocycles. The van der Waals surface area contributed by atoms with Crippen molar-refractivity contribution >= 4 is 44.4 Å². The summed E-state index contributed by atoms with van der Waals surface area (Å²) in [4.78, 5) is 24.0. The molecule has 1 unspecified atom stereocenters. The minimum atomic E-state index is -4.80. The summed E-state index contributed by atoms with van der Waals surface area (Å²) in [5.41, 5.74) is 1.04. The van der Waals surface area contributed by atoms with Gasteiger partial charge < -0.3 is 20.4 Å². The Kier molecular flexibility index (Phi) is 7.52. The molecule has 1 atom stereocenters. The van der Waals surface area contributed by atoms with Gasteiger partial charge in [0.1, 0.15) is 10.4 Å². The van der Waals surface area contributed by atoms with E-state index in [0.29, 0.717) is 35.7 Å². The van der Waals surface area contributed by atoms with Crippen LogP contribution >= 0.6 is 11.3 Å². The zero-order valence-electron chi connectivity index (χ0n) is 22.2. The lowest BCUT2D eigenvalue weighted by molar-refractivity contribution is -0.137. The van der Waals surface area contributed by atoms with E-state index >= 15 is 0 Å². The van der Waals surface area contributed by atoms with Crippen molar-refractivity contribution in [3.8, 4) is 10.6 Å². The van der Waals surface area contributed by atoms with Gasteiger partial charge in [-0.2, -0.15) is 13.2 Å². The Labute approximate surface area is 234 Å². The molecule has 0 saturated carbocycles. The SMILES string of the molecule is CCc1cc(N2CCNCC2C)ccc1Nc1ncc(C(F)(F)F)c(-c2cc3c(s2)C(=O)N(C)CCS3(=O)=O)n1. The normalized spacial score (nSPS) is 19.4. The van der Waals surface area contributed by atoms with E-state index in [4.69, 9.17) is 0 Å². The van der Waals surface area contributed by atoms with E-state index in [2.05, 4.69) is 38.5 Å². The molecule has 0 bridgehead atoms. The number of sulfone groups is 1. The number of aryl methyl sites for hydroxylation is 1. The number of fused-ring (bicyclic) bond motifs is 1. The Bertz CT molecular complexity index is 1560. The largest absolute Gasteiger partial charge is 0.420 e. The Morgan fingerprint density at radius 1 is 1.23 bits per heavy atom. The van der Waals surface area contributed by atoms with Gasteiger partial charge in [0, 0.05) is 56.8 Å². The Balaban J connectivity index is 1.54. The fourth-order valence-electron chi connectivity index (χ4n) is 4.87. The van der Waals surface area contributed by atoms with Crippen LogP contribution in [0, 0.1) is 0 Å². The zero-order chi connectivity index (χ0) is 28.8. The topological polar surface area (TPSA) is 108 Å². The van der Waals surface area contributed by atoms with Crippen LogP contribution in [0.25, 0.3) is 10.6 Å². The van der Waals surface area contributed by atoms with E-state index in [0.717, 1.165) is 37.0 Å². The first-order chi connectivity index (χ1) is 18.9. The van der Waals surface area contributed by atoms with Crippen molar-refractivity contribution in [2.75, 3.05) is 49.2 Å². The molecule has 9 nitrogen and oxygen atoms in total. The molecule has 1 amide bonds. The number of carbonyl (C=O) groups excluding carboxylic acids is 1. The third-order valence-electron chi connectivity index (χ3n) is 7.15. The van der Waals surface area contributed by atoms with Crippen molar-refractivity contribution in [3.05, 3.63) is 46.5 Å². The van der Waals surface area contributed by atoms with Gasteiger partial charge in [-0.25, -0.2) is 18.4 Å². The predicted molar refractivity (Wildman–Crippen MR) is 148 cm³/mol. The Morgan fingerprint density at radius 2 is 2.00 bits per heavy atom. The molecule has 1 fully saturated rings. The van der Waals surface area contributed by atoms with E-state index < -0.39 is 33.2 Å². The third kappa shape index (κ3) is 5.39. The maximum absolute atomic E-state index is 14.0. The first-order valence-electron chi connectivity index (χ1n) is 12.8. The van der Waals surface area contributed by atoms with Crippen LogP contribution in [0.3, 0.4) is 0 Å². The van der Waals surface area contributed by atoms with Gasteiger partial charge in [-0.15, -0.1) is 11.3 Å². The van der Waals surface area contributed by atoms with E-state index in [1.165, 1.54) is 11.9 Å². The van der Waals surface area contributed by atoms with Crippen LogP contribution in [0.1, 0.15) is 34.6 Å². The molecule has 3 aromatic rings. The first-order valence-corrected chi connectivity index (χ1v) is 15.3. The van der Waals surface area contributed by atoms with Crippen LogP contribution in [0.15, 0.2) is 35.4 Å². The van der Waals surface area contributed by atoms with Crippen molar-refractivity contribution in [3.63, 3.8) is 0 Å². The maximum atomic E-state index is 14.0. The van der Waals surface area contributed by atoms with Gasteiger partial charge >= 0.3 is 6.18 Å². The minimum absolute atomic E-state index is 0.000606. The molecule has 4 heterocycles. The molecule has 2 aliphatic rings. The smallest absolute Gasteiger partial charge is 0.366 e. The number of alkyl halides is 3. The number of amides is 1. The highest BCUT2D eigenvalue weighted by Gasteiger charge is 2.38. The summed E-state index contributed by atoms with van der Waals surface area (Å²) in [6, 6.07) is 7.30. The van der Waals surface area contributed by atoms with Crippen molar-refractivity contribution < 1.29 is 26.4 Å². The van der Waals surface area contributed by atoms with Crippen LogP contribution < -0.4 is 15.5 Å². The first kappa shape index (κ1) is 28.3. The number of hydrogen-bond donors (Lipinski definition) is 2. The minimum Gasteiger partial charge on any atom is -0.366 e. The van der Waals surface area contributed by atoms with E-state index in [-0.39, 0.29) is 32.9 Å². The van der Waals surface area contributed by atoms with Gasteiger partial charge in [-0.1, -0.05) is 6.92 Å². The Hall–Kier alpha value is -3.23. The average molecular weight is 595 g/mol. The van der Waals surface area contributed by atoms with E-state index in [1.54, 1.807) is 0 Å². The standard InChI is InChI=1S/C26H29F3N6O3S2/c1-4-16-11-17(35-8-7-30-13-15(35)2)5-6-19(16)32-25-31-14-18(26(27,28)29)22(33-25)20-12-21-23(39-20)24(36)34(3)9-10-40(21,37)38/h5-6,11-12,14-15,30H,4,7-10,13H2,1-3H3,(H,31,32,33). The number of hydrogen-bond acceptors (Lipinski definition) is 9. The highest BCUT2D eigenvalue weighted by molar-refractivity contribution is 7.91. The molecule has 14 heteroatoms. The highest BCUT2D eigenvalue weighted by Crippen LogP contribution is 2.42. The summed E-state index contributed by atoms with van der Waals surface area (Å²) >= 11 is 0.688. The second-order valence-corrected chi connectivity index (χ2v) is 13.0. The monoisotopic (exact) mass is 594 g/mol. The summed E-state index contributed by atoms with van der Waals surface area (Å²) in [5, 5.41) is 6.41. The van der Waals surface area contributed by atoms with Crippen molar-refractivity contribution in [2.24, 2.45) is 0 Å². The number of aromatic nitrogens is 2. The molecular formula is C26H29F3N6O3S2. The number of halogens is 3. The van der Waals surface area contributed by atoms with Crippen LogP contribution in [0.4, 0.5) is 30.5 Å². The van der Waals surface area contributed by atoms with E-state index in [9.17, 15) is 26.4 Å². The summed E-state index contributed by atoms with van der Waals surface area (Å²) in [7, 11) is -2.41. The molecule has 2 N–H and O–H groups in total. The summed E-state index contributed by atoms with van der Waals surface area (Å²) in [5.74, 6) is -0.945. The summed E-state index contributed by atoms with van der Waals surface area (Å²) < 4.78 is 67.6. The summed E-state index contributed by atoms with van der Waals surface area (Å²) in [6.45, 7) is 6.74. The number of nitrogens with zero attached hydrogens (tertiary/aromatic N) is 4. The van der Waals surface area contributed by atoms with Gasteiger partial charge in [-0.3, -0.25) is 4.79 Å². The molecule has 0 aliphatic carbocycles. The molecule has 40 heavy (non-hydrogen) atoms. The van der Waals surface area contributed by atoms with Crippen LogP contribution in [0.2, 0.25) is 0 Å². The second-order valence-electron chi connectivity index (χ2n) is 9.87. The molecular weight excluding hydrogens is 565 g/mol. The molecule has 0 radical (unpaired) electrons. The quantitative estimate of drug-likeness (QED) is 0.453. The average Bonchev–Trinajstić information content (AvgIpc) is 3.35. The number of rotatable bonds is 5. The Morgan fingerprint density at radius 3 is 2.70 bits per heavy atom. The lowest BCUT2D eigenvalue weighted by Gasteiger charge is -2.36. The number of piperazine rings is 1. The predicted octanol–water partition coefficient (Wildman–Crippen LogP) is 4.19. The van der Waals surface area contributed by atoms with Crippen molar-refractivity contribution in [1.82, 2.24) is 20.2 Å². The van der Waals surface area contributed by atoms with Crippen LogP contribution in [0.5, 0.6) is 0 Å². The molecule has 2 aromatic heterocycles. The highest BCUT2D eigenvalue weighted by atomic mass is 32.2. The number of thiophene rings is 1. The number of benzene rings is 1. The van der Waals surface area contributed by atoms with Gasteiger partial charge in [0.05, 0.1) is 21.2 Å². The maximum Gasteiger partial charge on any atom is 0.420 e. The molecule has 214 valence electrons. The van der Waals surface area contributed by atoms with Gasteiger partial charge in [-0.05, 0) is 43.2 Å².